The number of anilines is 1. The number of nitrogens with one attached hydrogen (secondary N) is 1. The van der Waals surface area contributed by atoms with Crippen LogP contribution in [0.1, 0.15) is 18.5 Å². The number of hydrogen-bond donors (Lipinski definition) is 1. The van der Waals surface area contributed by atoms with E-state index < -0.39 is 0 Å². The van der Waals surface area contributed by atoms with Gasteiger partial charge in [-0.3, -0.25) is 0 Å². The van der Waals surface area contributed by atoms with Gasteiger partial charge in [-0.1, -0.05) is 28.1 Å². The van der Waals surface area contributed by atoms with Crippen molar-refractivity contribution in [2.45, 2.75) is 13.0 Å². The summed E-state index contributed by atoms with van der Waals surface area (Å²) in [5.41, 5.74) is 1.16. The van der Waals surface area contributed by atoms with E-state index in [1.807, 2.05) is 6.92 Å². The first-order valence-electron chi connectivity index (χ1n) is 5.53. The van der Waals surface area contributed by atoms with Crippen molar-refractivity contribution in [2.24, 2.45) is 0 Å². The fourth-order valence-electron chi connectivity index (χ4n) is 1.70. The molecular weight excluding hydrogens is 300 g/mol. The fourth-order valence-corrected chi connectivity index (χ4v) is 2.06. The Morgan fingerprint density at radius 2 is 1.89 bits per heavy atom. The maximum atomic E-state index is 13.6. The molecule has 0 aliphatic heterocycles. The van der Waals surface area contributed by atoms with Crippen LogP contribution in [0.25, 0.3) is 0 Å². The van der Waals surface area contributed by atoms with Crippen LogP contribution < -0.4 is 5.32 Å². The van der Waals surface area contributed by atoms with E-state index >= 15 is 0 Å². The summed E-state index contributed by atoms with van der Waals surface area (Å²) < 4.78 is 27.5. The van der Waals surface area contributed by atoms with E-state index in [4.69, 9.17) is 0 Å². The second-order valence-corrected chi connectivity index (χ2v) is 4.96. The van der Waals surface area contributed by atoms with Gasteiger partial charge in [0.2, 0.25) is 0 Å². The van der Waals surface area contributed by atoms with E-state index in [2.05, 4.69) is 21.2 Å². The van der Waals surface area contributed by atoms with Crippen molar-refractivity contribution in [3.63, 3.8) is 0 Å². The molecular formula is C14H12BrF2N. The van der Waals surface area contributed by atoms with E-state index in [1.165, 1.54) is 18.2 Å². The average Bonchev–Trinajstić information content (AvgIpc) is 2.34. The van der Waals surface area contributed by atoms with Gasteiger partial charge in [0.1, 0.15) is 11.6 Å². The van der Waals surface area contributed by atoms with Crippen molar-refractivity contribution in [1.82, 2.24) is 0 Å². The van der Waals surface area contributed by atoms with Gasteiger partial charge in [0.15, 0.2) is 0 Å². The van der Waals surface area contributed by atoms with Gasteiger partial charge in [-0.25, -0.2) is 8.78 Å². The molecule has 0 bridgehead atoms. The van der Waals surface area contributed by atoms with Gasteiger partial charge >= 0.3 is 0 Å². The molecule has 0 saturated heterocycles. The molecule has 2 aromatic carbocycles. The van der Waals surface area contributed by atoms with Crippen LogP contribution in [0, 0.1) is 11.6 Å². The van der Waals surface area contributed by atoms with Gasteiger partial charge in [0, 0.05) is 10.5 Å². The molecule has 2 rings (SSSR count). The van der Waals surface area contributed by atoms with Crippen LogP contribution in [0.15, 0.2) is 46.9 Å². The van der Waals surface area contributed by atoms with Gasteiger partial charge in [0.25, 0.3) is 0 Å². The van der Waals surface area contributed by atoms with Crippen LogP contribution in [0.5, 0.6) is 0 Å². The minimum atomic E-state index is -0.332. The van der Waals surface area contributed by atoms with Crippen molar-refractivity contribution in [3.8, 4) is 0 Å². The van der Waals surface area contributed by atoms with Gasteiger partial charge in [-0.2, -0.15) is 0 Å². The highest BCUT2D eigenvalue weighted by Crippen LogP contribution is 2.25. The van der Waals surface area contributed by atoms with Crippen molar-refractivity contribution in [2.75, 3.05) is 5.32 Å². The summed E-state index contributed by atoms with van der Waals surface area (Å²) >= 11 is 3.29. The van der Waals surface area contributed by atoms with Crippen LogP contribution in [-0.2, 0) is 0 Å². The zero-order valence-corrected chi connectivity index (χ0v) is 11.3. The molecule has 0 saturated carbocycles. The first kappa shape index (κ1) is 13.0. The second-order valence-electron chi connectivity index (χ2n) is 4.05. The molecule has 0 aliphatic rings. The molecule has 1 nitrogen and oxygen atoms in total. The van der Waals surface area contributed by atoms with Crippen molar-refractivity contribution in [3.05, 3.63) is 64.1 Å². The predicted molar refractivity (Wildman–Crippen MR) is 72.5 cm³/mol. The molecule has 0 radical (unpaired) electrons. The third-order valence-electron chi connectivity index (χ3n) is 2.65. The topological polar surface area (TPSA) is 12.0 Å². The van der Waals surface area contributed by atoms with E-state index in [9.17, 15) is 8.78 Å². The molecule has 0 fully saturated rings. The molecule has 2 aromatic rings. The molecule has 1 N–H and O–H groups in total. The Kier molecular flexibility index (Phi) is 3.97. The fraction of sp³-hybridized carbons (Fsp3) is 0.143. The summed E-state index contributed by atoms with van der Waals surface area (Å²) in [5.74, 6) is -0.627. The molecule has 94 valence electrons. The summed E-state index contributed by atoms with van der Waals surface area (Å²) in [4.78, 5) is 0. The summed E-state index contributed by atoms with van der Waals surface area (Å²) in [6, 6.07) is 10.8. The standard InChI is InChI=1S/C14H12BrF2N/c1-9(10-3-2-4-12(16)7-10)18-14-8-11(15)5-6-13(14)17/h2-9,18H,1H3. The Bertz CT molecular complexity index is 557. The lowest BCUT2D eigenvalue weighted by molar-refractivity contribution is 0.621. The predicted octanol–water partition coefficient (Wildman–Crippen LogP) is 4.90. The summed E-state index contributed by atoms with van der Waals surface area (Å²) in [6.07, 6.45) is 0. The monoisotopic (exact) mass is 311 g/mol. The van der Waals surface area contributed by atoms with Gasteiger partial charge in [-0.05, 0) is 42.8 Å². The molecule has 0 aliphatic carbocycles. The van der Waals surface area contributed by atoms with E-state index in [0.717, 1.165) is 10.0 Å². The second kappa shape index (κ2) is 5.48. The normalized spacial score (nSPS) is 12.2. The van der Waals surface area contributed by atoms with Crippen LogP contribution in [-0.4, -0.2) is 0 Å². The van der Waals surface area contributed by atoms with E-state index in [0.29, 0.717) is 5.69 Å². The zero-order chi connectivity index (χ0) is 13.1. The third kappa shape index (κ3) is 3.07. The highest BCUT2D eigenvalue weighted by molar-refractivity contribution is 9.10. The highest BCUT2D eigenvalue weighted by Gasteiger charge is 2.09. The number of benzene rings is 2. The summed E-state index contributed by atoms with van der Waals surface area (Å²) in [7, 11) is 0. The summed E-state index contributed by atoms with van der Waals surface area (Å²) in [6.45, 7) is 1.86. The minimum absolute atomic E-state index is 0.176. The molecule has 1 unspecified atom stereocenters. The lowest BCUT2D eigenvalue weighted by Gasteiger charge is -2.16. The molecule has 4 heteroatoms. The lowest BCUT2D eigenvalue weighted by atomic mass is 10.1. The van der Waals surface area contributed by atoms with Gasteiger partial charge < -0.3 is 5.32 Å². The smallest absolute Gasteiger partial charge is 0.146 e. The maximum absolute atomic E-state index is 13.6. The zero-order valence-electron chi connectivity index (χ0n) is 9.75. The quantitative estimate of drug-likeness (QED) is 0.850. The molecule has 1 atom stereocenters. The average molecular weight is 312 g/mol. The minimum Gasteiger partial charge on any atom is -0.376 e. The first-order valence-corrected chi connectivity index (χ1v) is 6.32. The Balaban J connectivity index is 2.21. The van der Waals surface area contributed by atoms with E-state index in [1.54, 1.807) is 24.3 Å². The van der Waals surface area contributed by atoms with Crippen LogP contribution in [0.3, 0.4) is 0 Å². The van der Waals surface area contributed by atoms with Crippen LogP contribution in [0.4, 0.5) is 14.5 Å². The summed E-state index contributed by atoms with van der Waals surface area (Å²) in [5, 5.41) is 3.02. The Labute approximate surface area is 113 Å². The van der Waals surface area contributed by atoms with Gasteiger partial charge in [-0.15, -0.1) is 0 Å². The molecule has 18 heavy (non-hydrogen) atoms. The molecule has 0 aromatic heterocycles. The third-order valence-corrected chi connectivity index (χ3v) is 3.14. The molecule has 0 spiro atoms. The number of hydrogen-bond acceptors (Lipinski definition) is 1. The number of halogens is 3. The van der Waals surface area contributed by atoms with Crippen LogP contribution >= 0.6 is 15.9 Å². The van der Waals surface area contributed by atoms with Crippen molar-refractivity contribution in [1.29, 1.82) is 0 Å². The van der Waals surface area contributed by atoms with E-state index in [-0.39, 0.29) is 17.7 Å². The highest BCUT2D eigenvalue weighted by atomic mass is 79.9. The lowest BCUT2D eigenvalue weighted by Crippen LogP contribution is -2.08. The Morgan fingerprint density at radius 1 is 1.11 bits per heavy atom. The van der Waals surface area contributed by atoms with Crippen molar-refractivity contribution < 1.29 is 8.78 Å². The molecule has 0 amide bonds. The van der Waals surface area contributed by atoms with Crippen LogP contribution in [0.2, 0.25) is 0 Å². The Hall–Kier alpha value is -1.42. The van der Waals surface area contributed by atoms with Crippen molar-refractivity contribution >= 4 is 21.6 Å². The SMILES string of the molecule is CC(Nc1cc(Br)ccc1F)c1cccc(F)c1. The molecule has 0 heterocycles. The largest absolute Gasteiger partial charge is 0.376 e. The number of rotatable bonds is 3. The first-order chi connectivity index (χ1) is 8.56. The Morgan fingerprint density at radius 3 is 2.61 bits per heavy atom. The maximum Gasteiger partial charge on any atom is 0.146 e. The van der Waals surface area contributed by atoms with Gasteiger partial charge in [0.05, 0.1) is 5.69 Å².